The van der Waals surface area contributed by atoms with E-state index in [-0.39, 0.29) is 17.8 Å². The van der Waals surface area contributed by atoms with Gasteiger partial charge in [-0.15, -0.1) is 0 Å². The van der Waals surface area contributed by atoms with Crippen molar-refractivity contribution in [3.8, 4) is 5.69 Å². The molecule has 1 atom stereocenters. The normalized spacial score (nSPS) is 14.2. The SMILES string of the molecule is CC(Cc1ccsc1)NC(=O)c1nn(-c2ccccc2F)c2c1CCC2. The molecule has 4 rings (SSSR count). The molecule has 1 aliphatic rings. The molecule has 0 aliphatic heterocycles. The molecule has 6 heteroatoms. The maximum Gasteiger partial charge on any atom is 0.272 e. The first-order chi connectivity index (χ1) is 12.6. The van der Waals surface area contributed by atoms with Crippen LogP contribution in [0.25, 0.3) is 5.69 Å². The molecule has 2 heterocycles. The van der Waals surface area contributed by atoms with Crippen LogP contribution < -0.4 is 5.32 Å². The second-order valence-corrected chi connectivity index (χ2v) is 7.48. The summed E-state index contributed by atoms with van der Waals surface area (Å²) in [5, 5.41) is 11.6. The van der Waals surface area contributed by atoms with Crippen molar-refractivity contribution in [2.75, 3.05) is 0 Å². The van der Waals surface area contributed by atoms with Crippen molar-refractivity contribution in [2.45, 2.75) is 38.6 Å². The fourth-order valence-corrected chi connectivity index (χ4v) is 4.23. The first-order valence-corrected chi connectivity index (χ1v) is 9.75. The van der Waals surface area contributed by atoms with E-state index in [9.17, 15) is 9.18 Å². The third-order valence-electron chi connectivity index (χ3n) is 4.73. The molecular weight excluding hydrogens is 349 g/mol. The van der Waals surface area contributed by atoms with Crippen LogP contribution in [-0.4, -0.2) is 21.7 Å². The van der Waals surface area contributed by atoms with Gasteiger partial charge in [-0.05, 0) is 67.1 Å². The van der Waals surface area contributed by atoms with E-state index in [0.717, 1.165) is 36.9 Å². The lowest BCUT2D eigenvalue weighted by molar-refractivity contribution is 0.0933. The Bertz CT molecular complexity index is 933. The highest BCUT2D eigenvalue weighted by Crippen LogP contribution is 2.28. The number of halogens is 1. The van der Waals surface area contributed by atoms with Crippen LogP contribution in [0.3, 0.4) is 0 Å². The van der Waals surface area contributed by atoms with E-state index < -0.39 is 0 Å². The number of hydrogen-bond donors (Lipinski definition) is 1. The Balaban J connectivity index is 1.60. The molecule has 26 heavy (non-hydrogen) atoms. The summed E-state index contributed by atoms with van der Waals surface area (Å²) in [7, 11) is 0. The van der Waals surface area contributed by atoms with Crippen LogP contribution in [-0.2, 0) is 19.3 Å². The molecule has 0 fully saturated rings. The first-order valence-electron chi connectivity index (χ1n) is 8.81. The fourth-order valence-electron chi connectivity index (χ4n) is 3.55. The molecule has 3 aromatic rings. The van der Waals surface area contributed by atoms with Crippen molar-refractivity contribution in [3.63, 3.8) is 0 Å². The molecule has 2 aromatic heterocycles. The largest absolute Gasteiger partial charge is 0.348 e. The molecule has 1 unspecified atom stereocenters. The van der Waals surface area contributed by atoms with Crippen molar-refractivity contribution >= 4 is 17.2 Å². The molecule has 1 N–H and O–H groups in total. The Hall–Kier alpha value is -2.47. The minimum absolute atomic E-state index is 0.00719. The molecule has 0 radical (unpaired) electrons. The molecule has 134 valence electrons. The van der Waals surface area contributed by atoms with Gasteiger partial charge in [0, 0.05) is 17.3 Å². The van der Waals surface area contributed by atoms with Crippen molar-refractivity contribution in [2.24, 2.45) is 0 Å². The summed E-state index contributed by atoms with van der Waals surface area (Å²) < 4.78 is 15.8. The van der Waals surface area contributed by atoms with Gasteiger partial charge in [0.2, 0.25) is 0 Å². The van der Waals surface area contributed by atoms with E-state index in [1.54, 1.807) is 34.2 Å². The second kappa shape index (κ2) is 7.03. The summed E-state index contributed by atoms with van der Waals surface area (Å²) in [5.41, 5.74) is 3.94. The number of fused-ring (bicyclic) bond motifs is 1. The van der Waals surface area contributed by atoms with Crippen molar-refractivity contribution in [1.29, 1.82) is 0 Å². The van der Waals surface area contributed by atoms with Crippen LogP contribution in [0.2, 0.25) is 0 Å². The summed E-state index contributed by atoms with van der Waals surface area (Å²) in [6.07, 6.45) is 3.37. The monoisotopic (exact) mass is 369 g/mol. The van der Waals surface area contributed by atoms with Crippen LogP contribution in [0, 0.1) is 5.82 Å². The number of carbonyl (C=O) groups is 1. The molecule has 1 aromatic carbocycles. The van der Waals surface area contributed by atoms with Gasteiger partial charge in [-0.3, -0.25) is 4.79 Å². The number of amides is 1. The van der Waals surface area contributed by atoms with Crippen molar-refractivity contribution in [3.05, 3.63) is 69.4 Å². The number of benzene rings is 1. The molecule has 4 nitrogen and oxygen atoms in total. The van der Waals surface area contributed by atoms with Gasteiger partial charge in [-0.25, -0.2) is 9.07 Å². The molecule has 0 saturated carbocycles. The fraction of sp³-hybridized carbons (Fsp3) is 0.300. The minimum Gasteiger partial charge on any atom is -0.348 e. The van der Waals surface area contributed by atoms with Crippen LogP contribution in [0.15, 0.2) is 41.1 Å². The van der Waals surface area contributed by atoms with Gasteiger partial charge < -0.3 is 5.32 Å². The summed E-state index contributed by atoms with van der Waals surface area (Å²) in [5.74, 6) is -0.511. The highest BCUT2D eigenvalue weighted by atomic mass is 32.1. The van der Waals surface area contributed by atoms with Crippen molar-refractivity contribution in [1.82, 2.24) is 15.1 Å². The average Bonchev–Trinajstić information content (AvgIpc) is 3.32. The lowest BCUT2D eigenvalue weighted by Gasteiger charge is -2.12. The standard InChI is InChI=1S/C20H20FN3OS/c1-13(11-14-9-10-26-12-14)22-20(25)19-15-5-4-8-17(15)24(23-19)18-7-3-2-6-16(18)21/h2-3,6-7,9-10,12-13H,4-5,8,11H2,1H3,(H,22,25). The highest BCUT2D eigenvalue weighted by Gasteiger charge is 2.28. The number of thiophene rings is 1. The Morgan fingerprint density at radius 2 is 2.19 bits per heavy atom. The smallest absolute Gasteiger partial charge is 0.272 e. The molecule has 1 amide bonds. The number of para-hydroxylation sites is 1. The molecular formula is C20H20FN3OS. The van der Waals surface area contributed by atoms with Gasteiger partial charge in [0.15, 0.2) is 5.69 Å². The first kappa shape index (κ1) is 17.0. The minimum atomic E-state index is -0.331. The molecule has 1 aliphatic carbocycles. The Morgan fingerprint density at radius 3 is 2.96 bits per heavy atom. The zero-order chi connectivity index (χ0) is 18.1. The molecule has 0 saturated heterocycles. The zero-order valence-corrected chi connectivity index (χ0v) is 15.4. The van der Waals surface area contributed by atoms with Crippen LogP contribution in [0.1, 0.15) is 40.7 Å². The average molecular weight is 369 g/mol. The van der Waals surface area contributed by atoms with E-state index in [1.165, 1.54) is 11.6 Å². The molecule has 0 spiro atoms. The quantitative estimate of drug-likeness (QED) is 0.741. The number of rotatable bonds is 5. The Kier molecular flexibility index (Phi) is 4.59. The number of aromatic nitrogens is 2. The number of carbonyl (C=O) groups excluding carboxylic acids is 1. The lowest BCUT2D eigenvalue weighted by Crippen LogP contribution is -2.34. The van der Waals surface area contributed by atoms with Gasteiger partial charge in [0.1, 0.15) is 11.5 Å². The predicted molar refractivity (Wildman–Crippen MR) is 100 cm³/mol. The van der Waals surface area contributed by atoms with E-state index in [4.69, 9.17) is 0 Å². The maximum atomic E-state index is 14.2. The van der Waals surface area contributed by atoms with Gasteiger partial charge in [0.25, 0.3) is 5.91 Å². The second-order valence-electron chi connectivity index (χ2n) is 6.70. The van der Waals surface area contributed by atoms with Crippen LogP contribution in [0.4, 0.5) is 4.39 Å². The third kappa shape index (κ3) is 3.17. The number of nitrogens with zero attached hydrogens (tertiary/aromatic N) is 2. The van der Waals surface area contributed by atoms with Gasteiger partial charge in [-0.1, -0.05) is 12.1 Å². The predicted octanol–water partition coefficient (Wildman–Crippen LogP) is 3.92. The van der Waals surface area contributed by atoms with Crippen molar-refractivity contribution < 1.29 is 9.18 Å². The summed E-state index contributed by atoms with van der Waals surface area (Å²) in [4.78, 5) is 12.8. The van der Waals surface area contributed by atoms with Crippen LogP contribution in [0.5, 0.6) is 0 Å². The summed E-state index contributed by atoms with van der Waals surface area (Å²) >= 11 is 1.65. The van der Waals surface area contributed by atoms with E-state index >= 15 is 0 Å². The topological polar surface area (TPSA) is 46.9 Å². The Labute approximate surface area is 155 Å². The van der Waals surface area contributed by atoms with Gasteiger partial charge in [0.05, 0.1) is 0 Å². The lowest BCUT2D eigenvalue weighted by atomic mass is 10.1. The highest BCUT2D eigenvalue weighted by molar-refractivity contribution is 7.07. The zero-order valence-electron chi connectivity index (χ0n) is 14.5. The molecule has 0 bridgehead atoms. The number of hydrogen-bond acceptors (Lipinski definition) is 3. The summed E-state index contributed by atoms with van der Waals surface area (Å²) in [6, 6.07) is 8.63. The van der Waals surface area contributed by atoms with E-state index in [2.05, 4.69) is 21.9 Å². The Morgan fingerprint density at radius 1 is 1.35 bits per heavy atom. The van der Waals surface area contributed by atoms with Crippen LogP contribution >= 0.6 is 11.3 Å². The number of nitrogens with one attached hydrogen (secondary N) is 1. The van der Waals surface area contributed by atoms with Gasteiger partial charge in [-0.2, -0.15) is 16.4 Å². The maximum absolute atomic E-state index is 14.2. The van der Waals surface area contributed by atoms with E-state index in [1.807, 2.05) is 12.3 Å². The summed E-state index contributed by atoms with van der Waals surface area (Å²) in [6.45, 7) is 1.99. The van der Waals surface area contributed by atoms with Gasteiger partial charge >= 0.3 is 0 Å². The third-order valence-corrected chi connectivity index (χ3v) is 5.46. The van der Waals surface area contributed by atoms with E-state index in [0.29, 0.717) is 11.4 Å².